The van der Waals surface area contributed by atoms with Crippen molar-refractivity contribution in [1.29, 1.82) is 0 Å². The van der Waals surface area contributed by atoms with Crippen LogP contribution in [-0.2, 0) is 6.54 Å². The van der Waals surface area contributed by atoms with E-state index < -0.39 is 0 Å². The predicted molar refractivity (Wildman–Crippen MR) is 50.2 cm³/mol. The average molecular weight is 182 g/mol. The maximum absolute atomic E-state index is 5.52. The third-order valence-corrected chi connectivity index (χ3v) is 1.44. The van der Waals surface area contributed by atoms with E-state index >= 15 is 0 Å². The van der Waals surface area contributed by atoms with Gasteiger partial charge in [-0.15, -0.1) is 0 Å². The zero-order valence-corrected chi connectivity index (χ0v) is 7.87. The first-order valence-electron chi connectivity index (χ1n) is 4.18. The van der Waals surface area contributed by atoms with Crippen LogP contribution in [0, 0.1) is 6.92 Å². The molecule has 3 N–H and O–H groups in total. The number of nitrogens with one attached hydrogen (secondary N) is 1. The molecule has 0 fully saturated rings. The number of nitrogens with two attached hydrogens (primary N) is 1. The Morgan fingerprint density at radius 3 is 3.08 bits per heavy atom. The lowest BCUT2D eigenvalue weighted by Gasteiger charge is -1.99. The van der Waals surface area contributed by atoms with E-state index in [-0.39, 0.29) is 0 Å². The average Bonchev–Trinajstić information content (AvgIpc) is 2.49. The number of aryl methyl sites for hydroxylation is 1. The second-order valence-electron chi connectivity index (χ2n) is 2.67. The highest BCUT2D eigenvalue weighted by molar-refractivity contribution is 5.77. The molecule has 0 unspecified atom stereocenters. The molecule has 0 atom stereocenters. The van der Waals surface area contributed by atoms with Crippen molar-refractivity contribution in [3.05, 3.63) is 17.5 Å². The molecular weight excluding hydrogens is 168 g/mol. The molecule has 0 spiro atoms. The van der Waals surface area contributed by atoms with Gasteiger partial charge >= 0.3 is 0 Å². The predicted octanol–water partition coefficient (Wildman–Crippen LogP) is 0.407. The minimum Gasteiger partial charge on any atom is -0.370 e. The Hall–Kier alpha value is -1.52. The second kappa shape index (κ2) is 4.49. The third kappa shape index (κ3) is 3.14. The van der Waals surface area contributed by atoms with Crippen LogP contribution in [0.25, 0.3) is 0 Å². The van der Waals surface area contributed by atoms with Gasteiger partial charge in [-0.05, 0) is 13.8 Å². The topological polar surface area (TPSA) is 76.4 Å². The second-order valence-corrected chi connectivity index (χ2v) is 2.67. The van der Waals surface area contributed by atoms with E-state index in [2.05, 4.69) is 15.5 Å². The van der Waals surface area contributed by atoms with Crippen molar-refractivity contribution >= 4 is 5.96 Å². The third-order valence-electron chi connectivity index (χ3n) is 1.44. The number of hydrogen-bond donors (Lipinski definition) is 2. The molecule has 1 rings (SSSR count). The van der Waals surface area contributed by atoms with Crippen LogP contribution in [0.5, 0.6) is 0 Å². The lowest BCUT2D eigenvalue weighted by molar-refractivity contribution is 0.381. The molecule has 13 heavy (non-hydrogen) atoms. The molecule has 72 valence electrons. The van der Waals surface area contributed by atoms with Crippen molar-refractivity contribution < 1.29 is 4.52 Å². The largest absolute Gasteiger partial charge is 0.370 e. The molecule has 0 bridgehead atoms. The number of guanidine groups is 1. The maximum atomic E-state index is 5.52. The summed E-state index contributed by atoms with van der Waals surface area (Å²) < 4.78 is 4.95. The molecule has 1 heterocycles. The van der Waals surface area contributed by atoms with Crippen LogP contribution in [0.4, 0.5) is 0 Å². The molecule has 0 saturated carbocycles. The van der Waals surface area contributed by atoms with Gasteiger partial charge in [0, 0.05) is 12.6 Å². The zero-order chi connectivity index (χ0) is 9.68. The van der Waals surface area contributed by atoms with Gasteiger partial charge in [-0.2, -0.15) is 0 Å². The van der Waals surface area contributed by atoms with Gasteiger partial charge in [-0.25, -0.2) is 4.99 Å². The highest BCUT2D eigenvalue weighted by Gasteiger charge is 1.98. The summed E-state index contributed by atoms with van der Waals surface area (Å²) in [7, 11) is 0. The van der Waals surface area contributed by atoms with Gasteiger partial charge in [0.15, 0.2) is 11.7 Å². The molecule has 0 aliphatic heterocycles. The van der Waals surface area contributed by atoms with Gasteiger partial charge < -0.3 is 15.6 Å². The summed E-state index contributed by atoms with van der Waals surface area (Å²) in [6, 6.07) is 1.84. The first kappa shape index (κ1) is 9.57. The monoisotopic (exact) mass is 182 g/mol. The summed E-state index contributed by atoms with van der Waals surface area (Å²) >= 11 is 0. The Morgan fingerprint density at radius 1 is 1.77 bits per heavy atom. The first-order valence-corrected chi connectivity index (χ1v) is 4.18. The fourth-order valence-corrected chi connectivity index (χ4v) is 0.891. The molecule has 0 saturated heterocycles. The molecule has 5 heteroatoms. The van der Waals surface area contributed by atoms with Crippen LogP contribution in [0.3, 0.4) is 0 Å². The zero-order valence-electron chi connectivity index (χ0n) is 7.87. The number of aliphatic imine (C=N–C) groups is 1. The minimum absolute atomic E-state index is 0.427. The minimum atomic E-state index is 0.427. The Morgan fingerprint density at radius 2 is 2.54 bits per heavy atom. The van der Waals surface area contributed by atoms with E-state index in [1.54, 1.807) is 0 Å². The lowest BCUT2D eigenvalue weighted by atomic mass is 10.4. The summed E-state index contributed by atoms with van der Waals surface area (Å²) in [4.78, 5) is 4.05. The van der Waals surface area contributed by atoms with E-state index in [0.29, 0.717) is 12.5 Å². The molecule has 0 aliphatic rings. The summed E-state index contributed by atoms with van der Waals surface area (Å²) in [5.74, 6) is 1.15. The van der Waals surface area contributed by atoms with Gasteiger partial charge in [0.05, 0.1) is 5.69 Å². The van der Waals surface area contributed by atoms with Crippen molar-refractivity contribution in [3.8, 4) is 0 Å². The van der Waals surface area contributed by atoms with Crippen LogP contribution in [0.15, 0.2) is 15.6 Å². The normalized spacial score (nSPS) is 11.7. The van der Waals surface area contributed by atoms with Crippen LogP contribution in [-0.4, -0.2) is 17.7 Å². The summed E-state index contributed by atoms with van der Waals surface area (Å²) in [6.45, 7) is 5.02. The van der Waals surface area contributed by atoms with Crippen molar-refractivity contribution in [2.24, 2.45) is 10.7 Å². The van der Waals surface area contributed by atoms with E-state index in [9.17, 15) is 0 Å². The summed E-state index contributed by atoms with van der Waals surface area (Å²) in [6.07, 6.45) is 0. The molecule has 0 amide bonds. The summed E-state index contributed by atoms with van der Waals surface area (Å²) in [5, 5.41) is 6.62. The molecular formula is C8H14N4O. The van der Waals surface area contributed by atoms with Crippen molar-refractivity contribution in [2.45, 2.75) is 20.4 Å². The lowest BCUT2D eigenvalue weighted by Crippen LogP contribution is -2.31. The van der Waals surface area contributed by atoms with Crippen molar-refractivity contribution in [3.63, 3.8) is 0 Å². The SMILES string of the molecule is CCNC(N)=NCc1cc(C)no1. The smallest absolute Gasteiger partial charge is 0.189 e. The molecule has 0 aromatic carbocycles. The molecule has 1 aromatic rings. The maximum Gasteiger partial charge on any atom is 0.189 e. The van der Waals surface area contributed by atoms with Crippen LogP contribution >= 0.6 is 0 Å². The van der Waals surface area contributed by atoms with E-state index in [4.69, 9.17) is 10.3 Å². The number of aromatic nitrogens is 1. The highest BCUT2D eigenvalue weighted by atomic mass is 16.5. The highest BCUT2D eigenvalue weighted by Crippen LogP contribution is 2.02. The van der Waals surface area contributed by atoms with Gasteiger partial charge in [0.2, 0.25) is 0 Å². The van der Waals surface area contributed by atoms with Crippen LogP contribution < -0.4 is 11.1 Å². The Kier molecular flexibility index (Phi) is 3.31. The number of nitrogens with zero attached hydrogens (tertiary/aromatic N) is 2. The quantitative estimate of drug-likeness (QED) is 0.524. The Balaban J connectivity index is 2.46. The van der Waals surface area contributed by atoms with Crippen LogP contribution in [0.1, 0.15) is 18.4 Å². The van der Waals surface area contributed by atoms with Gasteiger partial charge in [0.1, 0.15) is 6.54 Å². The van der Waals surface area contributed by atoms with E-state index in [1.807, 2.05) is 19.9 Å². The fraction of sp³-hybridized carbons (Fsp3) is 0.500. The Bertz CT molecular complexity index is 292. The van der Waals surface area contributed by atoms with Crippen molar-refractivity contribution in [2.75, 3.05) is 6.54 Å². The molecule has 5 nitrogen and oxygen atoms in total. The first-order chi connectivity index (χ1) is 6.22. The molecule has 0 radical (unpaired) electrons. The van der Waals surface area contributed by atoms with Gasteiger partial charge in [0.25, 0.3) is 0 Å². The number of hydrogen-bond acceptors (Lipinski definition) is 3. The van der Waals surface area contributed by atoms with Crippen LogP contribution in [0.2, 0.25) is 0 Å². The standard InChI is InChI=1S/C8H14N4O/c1-3-10-8(9)11-5-7-4-6(2)12-13-7/h4H,3,5H2,1-2H3,(H3,9,10,11). The Labute approximate surface area is 77.0 Å². The van der Waals surface area contributed by atoms with Crippen molar-refractivity contribution in [1.82, 2.24) is 10.5 Å². The molecule has 1 aromatic heterocycles. The summed E-state index contributed by atoms with van der Waals surface area (Å²) in [5.41, 5.74) is 6.37. The number of rotatable bonds is 3. The van der Waals surface area contributed by atoms with Gasteiger partial charge in [-0.3, -0.25) is 0 Å². The van der Waals surface area contributed by atoms with Gasteiger partial charge in [-0.1, -0.05) is 5.16 Å². The fourth-order valence-electron chi connectivity index (χ4n) is 0.891. The van der Waals surface area contributed by atoms with E-state index in [0.717, 1.165) is 18.0 Å². The molecule has 0 aliphatic carbocycles. The van der Waals surface area contributed by atoms with E-state index in [1.165, 1.54) is 0 Å².